The average Bonchev–Trinajstić information content (AvgIpc) is 2.98. The topological polar surface area (TPSA) is 24.4 Å². The number of hydrogen-bond donors (Lipinski definition) is 1. The Kier molecular flexibility index (Phi) is 3.56. The molecule has 3 aromatic carbocycles. The number of benzene rings is 3. The van der Waals surface area contributed by atoms with Crippen LogP contribution in [-0.4, -0.2) is 5.71 Å². The van der Waals surface area contributed by atoms with Gasteiger partial charge in [-0.15, -0.1) is 11.3 Å². The first-order valence-electron chi connectivity index (χ1n) is 7.58. The largest absolute Gasteiger partial charge is 0.278 e. The fourth-order valence-corrected chi connectivity index (χ4v) is 3.76. The standard InChI is InChI=1S/C20H16N2S/c1-14(21-22-16-7-3-2-4-8-16)15-11-12-20-18(13-15)17-9-5-6-10-19(17)23-20/h2-13,22H,1H3/b21-14+. The minimum atomic E-state index is 0.978. The van der Waals surface area contributed by atoms with Gasteiger partial charge in [-0.05, 0) is 42.8 Å². The van der Waals surface area contributed by atoms with Gasteiger partial charge in [0.25, 0.3) is 0 Å². The molecule has 0 saturated heterocycles. The van der Waals surface area contributed by atoms with E-state index in [2.05, 4.69) is 53.0 Å². The highest BCUT2D eigenvalue weighted by molar-refractivity contribution is 7.25. The number of thiophene rings is 1. The summed E-state index contributed by atoms with van der Waals surface area (Å²) in [6, 6.07) is 25.1. The Morgan fingerprint density at radius 3 is 2.43 bits per heavy atom. The fraction of sp³-hybridized carbons (Fsp3) is 0.0500. The number of hydrogen-bond acceptors (Lipinski definition) is 3. The van der Waals surface area contributed by atoms with Crippen LogP contribution in [0, 0.1) is 0 Å². The first-order valence-corrected chi connectivity index (χ1v) is 8.40. The van der Waals surface area contributed by atoms with Crippen molar-refractivity contribution in [2.45, 2.75) is 6.92 Å². The van der Waals surface area contributed by atoms with Gasteiger partial charge in [0.2, 0.25) is 0 Å². The molecule has 0 saturated carbocycles. The van der Waals surface area contributed by atoms with E-state index in [4.69, 9.17) is 0 Å². The molecule has 0 aliphatic heterocycles. The third-order valence-corrected chi connectivity index (χ3v) is 5.07. The highest BCUT2D eigenvalue weighted by Crippen LogP contribution is 2.34. The van der Waals surface area contributed by atoms with Gasteiger partial charge in [0.05, 0.1) is 11.4 Å². The Hall–Kier alpha value is -2.65. The third kappa shape index (κ3) is 2.71. The van der Waals surface area contributed by atoms with Crippen LogP contribution >= 0.6 is 11.3 Å². The van der Waals surface area contributed by atoms with Crippen LogP contribution in [0.25, 0.3) is 20.2 Å². The quantitative estimate of drug-likeness (QED) is 0.370. The zero-order valence-corrected chi connectivity index (χ0v) is 13.6. The molecular weight excluding hydrogens is 300 g/mol. The van der Waals surface area contributed by atoms with Crippen molar-refractivity contribution in [3.05, 3.63) is 78.4 Å². The number of rotatable bonds is 3. The second-order valence-corrected chi connectivity index (χ2v) is 6.57. The maximum Gasteiger partial charge on any atom is 0.0648 e. The second-order valence-electron chi connectivity index (χ2n) is 5.48. The van der Waals surface area contributed by atoms with E-state index in [-0.39, 0.29) is 0 Å². The molecule has 1 aromatic heterocycles. The van der Waals surface area contributed by atoms with Crippen molar-refractivity contribution in [1.29, 1.82) is 0 Å². The van der Waals surface area contributed by atoms with Gasteiger partial charge in [-0.1, -0.05) is 42.5 Å². The molecule has 0 radical (unpaired) electrons. The van der Waals surface area contributed by atoms with Crippen molar-refractivity contribution in [2.75, 3.05) is 5.43 Å². The van der Waals surface area contributed by atoms with Crippen molar-refractivity contribution < 1.29 is 0 Å². The smallest absolute Gasteiger partial charge is 0.0648 e. The molecule has 2 nitrogen and oxygen atoms in total. The molecule has 0 amide bonds. The second kappa shape index (κ2) is 5.86. The molecule has 1 heterocycles. The summed E-state index contributed by atoms with van der Waals surface area (Å²) in [5.41, 5.74) is 6.23. The molecule has 0 aliphatic rings. The first kappa shape index (κ1) is 14.0. The van der Waals surface area contributed by atoms with Gasteiger partial charge < -0.3 is 0 Å². The van der Waals surface area contributed by atoms with Crippen molar-refractivity contribution in [2.24, 2.45) is 5.10 Å². The molecule has 0 bridgehead atoms. The number of nitrogens with one attached hydrogen (secondary N) is 1. The third-order valence-electron chi connectivity index (χ3n) is 3.92. The SMILES string of the molecule is C/C(=N\Nc1ccccc1)c1ccc2sc3ccccc3c2c1. The molecule has 1 N–H and O–H groups in total. The lowest BCUT2D eigenvalue weighted by molar-refractivity contribution is 1.32. The molecule has 0 spiro atoms. The average molecular weight is 316 g/mol. The number of para-hydroxylation sites is 1. The maximum atomic E-state index is 4.51. The Labute approximate surface area is 139 Å². The van der Waals surface area contributed by atoms with Crippen LogP contribution in [-0.2, 0) is 0 Å². The Morgan fingerprint density at radius 2 is 1.57 bits per heavy atom. The molecule has 4 aromatic rings. The molecule has 0 fully saturated rings. The zero-order valence-electron chi connectivity index (χ0n) is 12.8. The van der Waals surface area contributed by atoms with Crippen molar-refractivity contribution in [1.82, 2.24) is 0 Å². The monoisotopic (exact) mass is 316 g/mol. The molecule has 23 heavy (non-hydrogen) atoms. The highest BCUT2D eigenvalue weighted by Gasteiger charge is 2.06. The Bertz CT molecular complexity index is 1000. The van der Waals surface area contributed by atoms with Gasteiger partial charge in [0.1, 0.15) is 0 Å². The summed E-state index contributed by atoms with van der Waals surface area (Å²) in [4.78, 5) is 0. The van der Waals surface area contributed by atoms with Gasteiger partial charge in [-0.2, -0.15) is 5.10 Å². The molecule has 0 unspecified atom stereocenters. The van der Waals surface area contributed by atoms with Crippen molar-refractivity contribution >= 4 is 42.9 Å². The normalized spacial score (nSPS) is 12.0. The van der Waals surface area contributed by atoms with E-state index in [9.17, 15) is 0 Å². The van der Waals surface area contributed by atoms with E-state index in [1.165, 1.54) is 20.2 Å². The van der Waals surface area contributed by atoms with E-state index in [1.807, 2.05) is 48.6 Å². The lowest BCUT2D eigenvalue weighted by atomic mass is 10.1. The molecule has 0 aliphatic carbocycles. The Balaban J connectivity index is 1.72. The fourth-order valence-electron chi connectivity index (χ4n) is 2.68. The summed E-state index contributed by atoms with van der Waals surface area (Å²) in [6.45, 7) is 2.03. The van der Waals surface area contributed by atoms with E-state index >= 15 is 0 Å². The summed E-state index contributed by atoms with van der Waals surface area (Å²) in [5, 5.41) is 7.13. The molecule has 3 heteroatoms. The number of fused-ring (bicyclic) bond motifs is 3. The molecule has 112 valence electrons. The minimum absolute atomic E-state index is 0.978. The van der Waals surface area contributed by atoms with E-state index in [0.29, 0.717) is 0 Å². The summed E-state index contributed by atoms with van der Waals surface area (Å²) in [7, 11) is 0. The van der Waals surface area contributed by atoms with Gasteiger partial charge in [0, 0.05) is 20.2 Å². The molecule has 0 atom stereocenters. The summed E-state index contributed by atoms with van der Waals surface area (Å²) in [6.07, 6.45) is 0. The van der Waals surface area contributed by atoms with Crippen LogP contribution in [0.3, 0.4) is 0 Å². The highest BCUT2D eigenvalue weighted by atomic mass is 32.1. The Morgan fingerprint density at radius 1 is 0.826 bits per heavy atom. The van der Waals surface area contributed by atoms with Gasteiger partial charge in [-0.25, -0.2) is 0 Å². The van der Waals surface area contributed by atoms with E-state index < -0.39 is 0 Å². The van der Waals surface area contributed by atoms with Crippen molar-refractivity contribution in [3.8, 4) is 0 Å². The lowest BCUT2D eigenvalue weighted by Gasteiger charge is -2.04. The van der Waals surface area contributed by atoms with Crippen LogP contribution in [0.2, 0.25) is 0 Å². The summed E-state index contributed by atoms with van der Waals surface area (Å²) >= 11 is 1.84. The number of anilines is 1. The molecule has 4 rings (SSSR count). The zero-order chi connectivity index (χ0) is 15.6. The predicted octanol–water partition coefficient (Wildman–Crippen LogP) is 5.89. The van der Waals surface area contributed by atoms with Gasteiger partial charge in [0.15, 0.2) is 0 Å². The van der Waals surface area contributed by atoms with Crippen LogP contribution in [0.15, 0.2) is 77.9 Å². The van der Waals surface area contributed by atoms with Gasteiger partial charge >= 0.3 is 0 Å². The number of nitrogens with zero attached hydrogens (tertiary/aromatic N) is 1. The summed E-state index contributed by atoms with van der Waals surface area (Å²) < 4.78 is 2.65. The molecular formula is C20H16N2S. The predicted molar refractivity (Wildman–Crippen MR) is 102 cm³/mol. The maximum absolute atomic E-state index is 4.51. The van der Waals surface area contributed by atoms with E-state index in [0.717, 1.165) is 17.0 Å². The van der Waals surface area contributed by atoms with Crippen LogP contribution in [0.1, 0.15) is 12.5 Å². The first-order chi connectivity index (χ1) is 11.3. The van der Waals surface area contributed by atoms with E-state index in [1.54, 1.807) is 0 Å². The lowest BCUT2D eigenvalue weighted by Crippen LogP contribution is -1.99. The van der Waals surface area contributed by atoms with Crippen molar-refractivity contribution in [3.63, 3.8) is 0 Å². The van der Waals surface area contributed by atoms with Crippen LogP contribution in [0.4, 0.5) is 5.69 Å². The van der Waals surface area contributed by atoms with Crippen LogP contribution in [0.5, 0.6) is 0 Å². The summed E-state index contributed by atoms with van der Waals surface area (Å²) in [5.74, 6) is 0. The van der Waals surface area contributed by atoms with Gasteiger partial charge in [-0.3, -0.25) is 5.43 Å². The van der Waals surface area contributed by atoms with Crippen LogP contribution < -0.4 is 5.43 Å². The minimum Gasteiger partial charge on any atom is -0.278 e. The number of hydrazone groups is 1.